The molecule has 96 valence electrons. The summed E-state index contributed by atoms with van der Waals surface area (Å²) < 4.78 is 10.3. The fourth-order valence-electron chi connectivity index (χ4n) is 1.25. The molecule has 4 nitrogen and oxygen atoms in total. The van der Waals surface area contributed by atoms with Crippen LogP contribution in [0.2, 0.25) is 0 Å². The molecule has 18 heavy (non-hydrogen) atoms. The first-order valence-electron chi connectivity index (χ1n) is 5.21. The number of hydrogen-bond donors (Lipinski definition) is 0. The third kappa shape index (κ3) is 4.33. The van der Waals surface area contributed by atoms with Crippen LogP contribution in [0.1, 0.15) is 12.5 Å². The number of rotatable bonds is 4. The van der Waals surface area contributed by atoms with Gasteiger partial charge in [-0.3, -0.25) is 4.79 Å². The summed E-state index contributed by atoms with van der Waals surface area (Å²) in [5.41, 5.74) is 1.09. The molecule has 0 aliphatic heterocycles. The summed E-state index contributed by atoms with van der Waals surface area (Å²) in [7, 11) is 1.28. The van der Waals surface area contributed by atoms with Gasteiger partial charge in [-0.2, -0.15) is 0 Å². The van der Waals surface area contributed by atoms with Crippen LogP contribution in [0.3, 0.4) is 0 Å². The SMILES string of the molecule is COC(=O)/C(=C/c1ccccc1Br)COC(C)=O. The van der Waals surface area contributed by atoms with Crippen molar-refractivity contribution in [2.75, 3.05) is 13.7 Å². The Morgan fingerprint density at radius 3 is 2.56 bits per heavy atom. The fraction of sp³-hybridized carbons (Fsp3) is 0.231. The molecule has 0 aliphatic rings. The minimum atomic E-state index is -0.521. The van der Waals surface area contributed by atoms with Gasteiger partial charge in [-0.1, -0.05) is 34.1 Å². The zero-order valence-electron chi connectivity index (χ0n) is 10.1. The molecule has 0 fully saturated rings. The summed E-state index contributed by atoms with van der Waals surface area (Å²) in [4.78, 5) is 22.3. The molecule has 0 spiro atoms. The van der Waals surface area contributed by atoms with Crippen LogP contribution in [0.5, 0.6) is 0 Å². The Morgan fingerprint density at radius 2 is 2.00 bits per heavy atom. The lowest BCUT2D eigenvalue weighted by atomic mass is 10.1. The maximum absolute atomic E-state index is 11.5. The number of hydrogen-bond acceptors (Lipinski definition) is 4. The van der Waals surface area contributed by atoms with E-state index >= 15 is 0 Å². The van der Waals surface area contributed by atoms with Gasteiger partial charge in [0.1, 0.15) is 6.61 Å². The highest BCUT2D eigenvalue weighted by molar-refractivity contribution is 9.10. The quantitative estimate of drug-likeness (QED) is 0.633. The number of halogens is 1. The smallest absolute Gasteiger partial charge is 0.337 e. The van der Waals surface area contributed by atoms with Crippen LogP contribution in [-0.2, 0) is 19.1 Å². The van der Waals surface area contributed by atoms with E-state index in [0.717, 1.165) is 10.0 Å². The number of carbonyl (C=O) groups is 2. The molecule has 0 saturated heterocycles. The number of methoxy groups -OCH3 is 1. The van der Waals surface area contributed by atoms with Crippen LogP contribution in [-0.4, -0.2) is 25.7 Å². The first-order valence-corrected chi connectivity index (χ1v) is 6.00. The molecular weight excluding hydrogens is 300 g/mol. The topological polar surface area (TPSA) is 52.6 Å². The van der Waals surface area contributed by atoms with Crippen molar-refractivity contribution < 1.29 is 19.1 Å². The Balaban J connectivity index is 2.98. The van der Waals surface area contributed by atoms with Crippen LogP contribution >= 0.6 is 15.9 Å². The van der Waals surface area contributed by atoms with Crippen LogP contribution in [0.15, 0.2) is 34.3 Å². The number of carbonyl (C=O) groups excluding carboxylic acids is 2. The molecule has 1 rings (SSSR count). The van der Waals surface area contributed by atoms with Gasteiger partial charge in [-0.05, 0) is 17.7 Å². The monoisotopic (exact) mass is 312 g/mol. The van der Waals surface area contributed by atoms with E-state index in [1.807, 2.05) is 24.3 Å². The molecule has 0 unspecified atom stereocenters. The molecule has 0 bridgehead atoms. The van der Waals surface area contributed by atoms with Crippen LogP contribution in [0.4, 0.5) is 0 Å². The van der Waals surface area contributed by atoms with Crippen LogP contribution < -0.4 is 0 Å². The van der Waals surface area contributed by atoms with Crippen molar-refractivity contribution >= 4 is 33.9 Å². The lowest BCUT2D eigenvalue weighted by Gasteiger charge is -2.06. The second-order valence-electron chi connectivity index (χ2n) is 3.46. The first kappa shape index (κ1) is 14.4. The molecule has 5 heteroatoms. The van der Waals surface area contributed by atoms with Gasteiger partial charge in [0.2, 0.25) is 0 Å². The van der Waals surface area contributed by atoms with Crippen LogP contribution in [0.25, 0.3) is 6.08 Å². The van der Waals surface area contributed by atoms with Gasteiger partial charge in [-0.25, -0.2) is 4.79 Å². The minimum Gasteiger partial charge on any atom is -0.466 e. The molecule has 0 atom stereocenters. The Kier molecular flexibility index (Phi) is 5.58. The molecule has 0 heterocycles. The third-order valence-electron chi connectivity index (χ3n) is 2.11. The predicted molar refractivity (Wildman–Crippen MR) is 70.8 cm³/mol. The van der Waals surface area contributed by atoms with Crippen molar-refractivity contribution in [1.29, 1.82) is 0 Å². The Bertz CT molecular complexity index is 480. The minimum absolute atomic E-state index is 0.108. The van der Waals surface area contributed by atoms with Crippen molar-refractivity contribution in [2.24, 2.45) is 0 Å². The number of esters is 2. The number of benzene rings is 1. The summed E-state index contributed by atoms with van der Waals surface area (Å²) >= 11 is 3.37. The van der Waals surface area contributed by atoms with Gasteiger partial charge in [0.15, 0.2) is 0 Å². The van der Waals surface area contributed by atoms with E-state index in [4.69, 9.17) is 4.74 Å². The van der Waals surface area contributed by atoms with E-state index in [0.29, 0.717) is 0 Å². The zero-order valence-corrected chi connectivity index (χ0v) is 11.7. The van der Waals surface area contributed by atoms with E-state index < -0.39 is 11.9 Å². The van der Waals surface area contributed by atoms with Gasteiger partial charge >= 0.3 is 11.9 Å². The summed E-state index contributed by atoms with van der Waals surface area (Å²) in [5, 5.41) is 0. The highest BCUT2D eigenvalue weighted by Gasteiger charge is 2.12. The van der Waals surface area contributed by atoms with Crippen molar-refractivity contribution in [3.05, 3.63) is 39.9 Å². The van der Waals surface area contributed by atoms with Crippen molar-refractivity contribution in [3.63, 3.8) is 0 Å². The van der Waals surface area contributed by atoms with E-state index in [9.17, 15) is 9.59 Å². The first-order chi connectivity index (χ1) is 8.54. The molecule has 0 aromatic heterocycles. The predicted octanol–water partition coefficient (Wildman–Crippen LogP) is 2.57. The van der Waals surface area contributed by atoms with Gasteiger partial charge in [0.05, 0.1) is 12.7 Å². The standard InChI is InChI=1S/C13H13BrO4/c1-9(15)18-8-11(13(16)17-2)7-10-5-3-4-6-12(10)14/h3-7H,8H2,1-2H3/b11-7+. The Hall–Kier alpha value is -1.62. The molecular formula is C13H13BrO4. The van der Waals surface area contributed by atoms with Gasteiger partial charge in [0, 0.05) is 11.4 Å². The van der Waals surface area contributed by atoms with E-state index in [1.165, 1.54) is 14.0 Å². The molecule has 1 aromatic carbocycles. The molecule has 0 N–H and O–H groups in total. The lowest BCUT2D eigenvalue weighted by Crippen LogP contribution is -2.12. The van der Waals surface area contributed by atoms with Crippen molar-refractivity contribution in [3.8, 4) is 0 Å². The third-order valence-corrected chi connectivity index (χ3v) is 2.84. The highest BCUT2D eigenvalue weighted by atomic mass is 79.9. The molecule has 0 amide bonds. The van der Waals surface area contributed by atoms with Crippen molar-refractivity contribution in [1.82, 2.24) is 0 Å². The van der Waals surface area contributed by atoms with E-state index in [-0.39, 0.29) is 12.2 Å². The van der Waals surface area contributed by atoms with Crippen molar-refractivity contribution in [2.45, 2.75) is 6.92 Å². The average Bonchev–Trinajstić information content (AvgIpc) is 2.35. The molecule has 1 aromatic rings. The lowest BCUT2D eigenvalue weighted by molar-refractivity contribution is -0.141. The zero-order chi connectivity index (χ0) is 13.5. The van der Waals surface area contributed by atoms with Gasteiger partial charge in [-0.15, -0.1) is 0 Å². The normalized spacial score (nSPS) is 10.9. The highest BCUT2D eigenvalue weighted by Crippen LogP contribution is 2.19. The second-order valence-corrected chi connectivity index (χ2v) is 4.32. The maximum atomic E-state index is 11.5. The summed E-state index contributed by atoms with van der Waals surface area (Å²) in [5.74, 6) is -0.969. The summed E-state index contributed by atoms with van der Waals surface area (Å²) in [6, 6.07) is 7.40. The largest absolute Gasteiger partial charge is 0.466 e. The Labute approximate surface area is 114 Å². The average molecular weight is 313 g/mol. The summed E-state index contributed by atoms with van der Waals surface area (Å²) in [6.07, 6.45) is 1.62. The Morgan fingerprint density at radius 1 is 1.33 bits per heavy atom. The van der Waals surface area contributed by atoms with E-state index in [1.54, 1.807) is 6.08 Å². The van der Waals surface area contributed by atoms with Crippen LogP contribution in [0, 0.1) is 0 Å². The number of ether oxygens (including phenoxy) is 2. The molecule has 0 aliphatic carbocycles. The van der Waals surface area contributed by atoms with E-state index in [2.05, 4.69) is 20.7 Å². The molecule has 0 saturated carbocycles. The maximum Gasteiger partial charge on any atom is 0.337 e. The fourth-order valence-corrected chi connectivity index (χ4v) is 1.65. The molecule has 0 radical (unpaired) electrons. The van der Waals surface area contributed by atoms with Gasteiger partial charge in [0.25, 0.3) is 0 Å². The summed E-state index contributed by atoms with van der Waals surface area (Å²) in [6.45, 7) is 1.18. The second kappa shape index (κ2) is 6.96. The van der Waals surface area contributed by atoms with Gasteiger partial charge < -0.3 is 9.47 Å².